The van der Waals surface area contributed by atoms with Gasteiger partial charge >= 0.3 is 6.36 Å². The number of nitrogens with zero attached hydrogens (tertiary/aromatic N) is 1. The number of hydrogen-bond acceptors (Lipinski definition) is 3. The van der Waals surface area contributed by atoms with Crippen LogP contribution in [0.25, 0.3) is 0 Å². The van der Waals surface area contributed by atoms with Gasteiger partial charge in [-0.1, -0.05) is 6.07 Å². The van der Waals surface area contributed by atoms with Crippen LogP contribution in [0.1, 0.15) is 23.2 Å². The second-order valence-corrected chi connectivity index (χ2v) is 4.99. The maximum Gasteiger partial charge on any atom is 0.573 e. The molecule has 4 nitrogen and oxygen atoms in total. The number of likely N-dealkylation sites (N-methyl/N-ethyl adjacent to an activating group) is 1. The monoisotopic (exact) mass is 302 g/mol. The maximum atomic E-state index is 12.3. The SMILES string of the molecule is CN(C(=O)c1cccc(OC(F)(F)F)c1)C1CCCNC1. The van der Waals surface area contributed by atoms with Gasteiger partial charge in [0.25, 0.3) is 5.91 Å². The van der Waals surface area contributed by atoms with Crippen molar-refractivity contribution in [2.45, 2.75) is 25.2 Å². The highest BCUT2D eigenvalue weighted by atomic mass is 19.4. The molecule has 1 aliphatic heterocycles. The van der Waals surface area contributed by atoms with Crippen molar-refractivity contribution in [3.05, 3.63) is 29.8 Å². The van der Waals surface area contributed by atoms with Gasteiger partial charge in [-0.3, -0.25) is 4.79 Å². The van der Waals surface area contributed by atoms with Gasteiger partial charge in [0.05, 0.1) is 0 Å². The molecule has 1 saturated heterocycles. The average Bonchev–Trinajstić information content (AvgIpc) is 2.45. The Labute approximate surface area is 120 Å². The van der Waals surface area contributed by atoms with E-state index in [1.54, 1.807) is 11.9 Å². The normalized spacial score (nSPS) is 19.1. The van der Waals surface area contributed by atoms with E-state index in [-0.39, 0.29) is 23.3 Å². The number of carbonyl (C=O) groups is 1. The molecular weight excluding hydrogens is 285 g/mol. The smallest absolute Gasteiger partial charge is 0.406 e. The van der Waals surface area contributed by atoms with Crippen LogP contribution in [0, 0.1) is 0 Å². The fourth-order valence-corrected chi connectivity index (χ4v) is 2.36. The molecule has 1 fully saturated rings. The summed E-state index contributed by atoms with van der Waals surface area (Å²) in [4.78, 5) is 13.9. The van der Waals surface area contributed by atoms with Crippen molar-refractivity contribution in [2.75, 3.05) is 20.1 Å². The number of amides is 1. The van der Waals surface area contributed by atoms with E-state index in [1.807, 2.05) is 0 Å². The predicted octanol–water partition coefficient (Wildman–Crippen LogP) is 2.41. The van der Waals surface area contributed by atoms with Gasteiger partial charge in [-0.25, -0.2) is 0 Å². The lowest BCUT2D eigenvalue weighted by Crippen LogP contribution is -2.46. The Kier molecular flexibility index (Phi) is 4.72. The third-order valence-corrected chi connectivity index (χ3v) is 3.45. The van der Waals surface area contributed by atoms with E-state index in [0.717, 1.165) is 25.5 Å². The molecular formula is C14H17F3N2O2. The molecule has 116 valence electrons. The van der Waals surface area contributed by atoms with Crippen LogP contribution in [0.5, 0.6) is 5.75 Å². The van der Waals surface area contributed by atoms with Gasteiger partial charge in [-0.05, 0) is 37.6 Å². The number of halogens is 3. The number of hydrogen-bond donors (Lipinski definition) is 1. The minimum Gasteiger partial charge on any atom is -0.406 e. The van der Waals surface area contributed by atoms with E-state index >= 15 is 0 Å². The summed E-state index contributed by atoms with van der Waals surface area (Å²) < 4.78 is 40.4. The lowest BCUT2D eigenvalue weighted by atomic mass is 10.1. The van der Waals surface area contributed by atoms with Gasteiger partial charge < -0.3 is 15.0 Å². The van der Waals surface area contributed by atoms with E-state index in [4.69, 9.17) is 0 Å². The summed E-state index contributed by atoms with van der Waals surface area (Å²) in [7, 11) is 1.66. The quantitative estimate of drug-likeness (QED) is 0.932. The number of nitrogens with one attached hydrogen (secondary N) is 1. The molecule has 0 aromatic heterocycles. The lowest BCUT2D eigenvalue weighted by Gasteiger charge is -2.31. The van der Waals surface area contributed by atoms with Gasteiger partial charge in [-0.15, -0.1) is 13.2 Å². The van der Waals surface area contributed by atoms with Crippen LogP contribution in [0.2, 0.25) is 0 Å². The van der Waals surface area contributed by atoms with Crippen LogP contribution >= 0.6 is 0 Å². The van der Waals surface area contributed by atoms with Crippen LogP contribution in [-0.4, -0.2) is 43.3 Å². The minimum atomic E-state index is -4.76. The molecule has 1 aromatic rings. The molecule has 1 atom stereocenters. The molecule has 0 radical (unpaired) electrons. The molecule has 0 bridgehead atoms. The molecule has 21 heavy (non-hydrogen) atoms. The number of benzene rings is 1. The molecule has 1 unspecified atom stereocenters. The first kappa shape index (κ1) is 15.6. The van der Waals surface area contributed by atoms with Gasteiger partial charge in [0, 0.05) is 25.2 Å². The van der Waals surface area contributed by atoms with Crippen molar-refractivity contribution in [3.63, 3.8) is 0 Å². The molecule has 2 rings (SSSR count). The summed E-state index contributed by atoms with van der Waals surface area (Å²) in [5.41, 5.74) is 0.185. The summed E-state index contributed by atoms with van der Waals surface area (Å²) in [6, 6.07) is 5.20. The highest BCUT2D eigenvalue weighted by Crippen LogP contribution is 2.24. The lowest BCUT2D eigenvalue weighted by molar-refractivity contribution is -0.274. The van der Waals surface area contributed by atoms with Crippen molar-refractivity contribution >= 4 is 5.91 Å². The first-order valence-electron chi connectivity index (χ1n) is 6.70. The van der Waals surface area contributed by atoms with Crippen molar-refractivity contribution in [3.8, 4) is 5.75 Å². The second-order valence-electron chi connectivity index (χ2n) is 4.99. The van der Waals surface area contributed by atoms with Gasteiger partial charge in [0.1, 0.15) is 5.75 Å². The summed E-state index contributed by atoms with van der Waals surface area (Å²) in [6.07, 6.45) is -2.91. The number of rotatable bonds is 3. The van der Waals surface area contributed by atoms with Crippen LogP contribution in [0.4, 0.5) is 13.2 Å². The fraction of sp³-hybridized carbons (Fsp3) is 0.500. The highest BCUT2D eigenvalue weighted by molar-refractivity contribution is 5.94. The Hall–Kier alpha value is -1.76. The molecule has 0 spiro atoms. The fourth-order valence-electron chi connectivity index (χ4n) is 2.36. The molecule has 1 aromatic carbocycles. The predicted molar refractivity (Wildman–Crippen MR) is 71.1 cm³/mol. The molecule has 1 amide bonds. The largest absolute Gasteiger partial charge is 0.573 e. The van der Waals surface area contributed by atoms with Crippen molar-refractivity contribution < 1.29 is 22.7 Å². The zero-order chi connectivity index (χ0) is 15.5. The number of alkyl halides is 3. The van der Waals surface area contributed by atoms with Gasteiger partial charge in [-0.2, -0.15) is 0 Å². The van der Waals surface area contributed by atoms with Gasteiger partial charge in [0.2, 0.25) is 0 Å². The van der Waals surface area contributed by atoms with E-state index < -0.39 is 6.36 Å². The summed E-state index contributed by atoms with van der Waals surface area (Å²) >= 11 is 0. The zero-order valence-corrected chi connectivity index (χ0v) is 11.6. The zero-order valence-electron chi connectivity index (χ0n) is 11.6. The Morgan fingerprint density at radius 2 is 2.19 bits per heavy atom. The highest BCUT2D eigenvalue weighted by Gasteiger charge is 2.31. The standard InChI is InChI=1S/C14H17F3N2O2/c1-19(11-5-3-7-18-9-11)13(20)10-4-2-6-12(8-10)21-14(15,16)17/h2,4,6,8,11,18H,3,5,7,9H2,1H3. The van der Waals surface area contributed by atoms with Crippen molar-refractivity contribution in [1.29, 1.82) is 0 Å². The maximum absolute atomic E-state index is 12.3. The number of piperidine rings is 1. The van der Waals surface area contributed by atoms with E-state index in [1.165, 1.54) is 18.2 Å². The van der Waals surface area contributed by atoms with Gasteiger partial charge in [0.15, 0.2) is 0 Å². The third kappa shape index (κ3) is 4.35. The Bertz CT molecular complexity index is 499. The van der Waals surface area contributed by atoms with Crippen molar-refractivity contribution in [1.82, 2.24) is 10.2 Å². The van der Waals surface area contributed by atoms with Crippen LogP contribution in [0.15, 0.2) is 24.3 Å². The number of carbonyl (C=O) groups excluding carboxylic acids is 1. The second kappa shape index (κ2) is 6.34. The summed E-state index contributed by atoms with van der Waals surface area (Å²) in [5, 5.41) is 3.20. The summed E-state index contributed by atoms with van der Waals surface area (Å²) in [5.74, 6) is -0.695. The molecule has 1 aliphatic rings. The van der Waals surface area contributed by atoms with Crippen LogP contribution in [-0.2, 0) is 0 Å². The average molecular weight is 302 g/mol. The molecule has 0 saturated carbocycles. The third-order valence-electron chi connectivity index (χ3n) is 3.45. The summed E-state index contributed by atoms with van der Waals surface area (Å²) in [6.45, 7) is 1.62. The Morgan fingerprint density at radius 1 is 1.43 bits per heavy atom. The molecule has 1 N–H and O–H groups in total. The van der Waals surface area contributed by atoms with Crippen molar-refractivity contribution in [2.24, 2.45) is 0 Å². The Balaban J connectivity index is 2.09. The topological polar surface area (TPSA) is 41.6 Å². The molecule has 7 heteroatoms. The molecule has 0 aliphatic carbocycles. The van der Waals surface area contributed by atoms with E-state index in [2.05, 4.69) is 10.1 Å². The van der Waals surface area contributed by atoms with E-state index in [0.29, 0.717) is 6.54 Å². The first-order valence-corrected chi connectivity index (χ1v) is 6.70. The minimum absolute atomic E-state index is 0.0541. The molecule has 1 heterocycles. The Morgan fingerprint density at radius 3 is 2.81 bits per heavy atom. The van der Waals surface area contributed by atoms with Crippen LogP contribution < -0.4 is 10.1 Å². The number of ether oxygens (including phenoxy) is 1. The van der Waals surface area contributed by atoms with Crippen LogP contribution in [0.3, 0.4) is 0 Å². The van der Waals surface area contributed by atoms with E-state index in [9.17, 15) is 18.0 Å². The first-order chi connectivity index (χ1) is 9.87.